The van der Waals surface area contributed by atoms with E-state index in [4.69, 9.17) is 14.9 Å². The summed E-state index contributed by atoms with van der Waals surface area (Å²) in [5.41, 5.74) is 7.53. The molecule has 32 heavy (non-hydrogen) atoms. The van der Waals surface area contributed by atoms with E-state index in [0.29, 0.717) is 35.9 Å². The Labute approximate surface area is 193 Å². The molecule has 2 amide bonds. The van der Waals surface area contributed by atoms with Gasteiger partial charge in [-0.2, -0.15) is 0 Å². The first-order chi connectivity index (χ1) is 15.5. The molecule has 4 rings (SSSR count). The second kappa shape index (κ2) is 9.49. The van der Waals surface area contributed by atoms with Crippen LogP contribution in [0.25, 0.3) is 17.0 Å². The number of carbonyl (C=O) groups is 2. The number of anilines is 1. The number of piperazine rings is 1. The first-order valence-electron chi connectivity index (χ1n) is 9.97. The van der Waals surface area contributed by atoms with Gasteiger partial charge in [-0.15, -0.1) is 0 Å². The second-order valence-electron chi connectivity index (χ2n) is 7.35. The summed E-state index contributed by atoms with van der Waals surface area (Å²) in [5, 5.41) is 0.769. The third-order valence-corrected chi connectivity index (χ3v) is 5.71. The van der Waals surface area contributed by atoms with Crippen LogP contribution in [-0.4, -0.2) is 64.4 Å². The zero-order valence-electron chi connectivity index (χ0n) is 17.4. The minimum atomic E-state index is -0.701. The van der Waals surface area contributed by atoms with Crippen molar-refractivity contribution in [2.75, 3.05) is 32.5 Å². The molecule has 166 valence electrons. The van der Waals surface area contributed by atoms with Crippen LogP contribution in [-0.2, 0) is 20.9 Å². The largest absolute Gasteiger partial charge is 0.450 e. The number of hydrogen-bond acceptors (Lipinski definition) is 7. The van der Waals surface area contributed by atoms with E-state index in [1.807, 2.05) is 18.2 Å². The number of hydrogen-bond donors (Lipinski definition) is 1. The number of furan rings is 1. The van der Waals surface area contributed by atoms with E-state index < -0.39 is 6.04 Å². The van der Waals surface area contributed by atoms with Crippen molar-refractivity contribution in [1.29, 1.82) is 0 Å². The Balaban J connectivity index is 1.48. The number of aromatic nitrogens is 2. The van der Waals surface area contributed by atoms with Crippen LogP contribution in [0.3, 0.4) is 0 Å². The van der Waals surface area contributed by atoms with Gasteiger partial charge in [-0.05, 0) is 51.8 Å². The number of amides is 2. The van der Waals surface area contributed by atoms with Crippen molar-refractivity contribution in [2.45, 2.75) is 12.6 Å². The van der Waals surface area contributed by atoms with Crippen LogP contribution in [0.5, 0.6) is 0 Å². The lowest BCUT2D eigenvalue weighted by molar-refractivity contribution is -0.152. The van der Waals surface area contributed by atoms with Gasteiger partial charge in [0, 0.05) is 38.2 Å². The molecule has 0 bridgehead atoms. The molecule has 1 atom stereocenters. The summed E-state index contributed by atoms with van der Waals surface area (Å²) in [6.07, 6.45) is 4.40. The van der Waals surface area contributed by atoms with Gasteiger partial charge in [0.05, 0.1) is 12.1 Å². The van der Waals surface area contributed by atoms with Crippen LogP contribution in [0.1, 0.15) is 11.3 Å². The summed E-state index contributed by atoms with van der Waals surface area (Å²) in [6, 6.07) is 8.44. The standard InChI is InChI=1S/C22H22BrN5O4/c1-31-12-18-22(30)27(11-14-2-5-16-17(10-14)25-13-26-21(16)24)8-9-28(18)20(29)7-4-15-3-6-19(23)32-15/h2-7,10,13,18H,8-9,11-12H2,1H3,(H2,24,25,26)/t18-/m0/s1. The number of nitrogens with two attached hydrogens (primary N) is 1. The Morgan fingerprint density at radius 3 is 2.91 bits per heavy atom. The number of ether oxygens (including phenoxy) is 1. The molecule has 10 heteroatoms. The van der Waals surface area contributed by atoms with Gasteiger partial charge in [-0.3, -0.25) is 9.59 Å². The van der Waals surface area contributed by atoms with Crippen LogP contribution < -0.4 is 5.73 Å². The minimum Gasteiger partial charge on any atom is -0.450 e. The van der Waals surface area contributed by atoms with Crippen molar-refractivity contribution in [1.82, 2.24) is 19.8 Å². The lowest BCUT2D eigenvalue weighted by atomic mass is 10.1. The SMILES string of the molecule is COC[C@H]1C(=O)N(Cc2ccc3c(N)ncnc3c2)CCN1C(=O)C=Cc1ccc(Br)o1. The normalized spacial score (nSPS) is 16.9. The highest BCUT2D eigenvalue weighted by atomic mass is 79.9. The molecule has 0 saturated carbocycles. The number of nitrogen functional groups attached to an aromatic ring is 1. The summed E-state index contributed by atoms with van der Waals surface area (Å²) in [5.74, 6) is 0.521. The number of nitrogens with zero attached hydrogens (tertiary/aromatic N) is 4. The summed E-state index contributed by atoms with van der Waals surface area (Å²) in [7, 11) is 1.51. The Morgan fingerprint density at radius 2 is 2.16 bits per heavy atom. The molecule has 3 heterocycles. The number of halogens is 1. The smallest absolute Gasteiger partial charge is 0.248 e. The molecular weight excluding hydrogens is 478 g/mol. The zero-order valence-corrected chi connectivity index (χ0v) is 19.0. The minimum absolute atomic E-state index is 0.114. The van der Waals surface area contributed by atoms with E-state index in [1.54, 1.807) is 23.1 Å². The maximum atomic E-state index is 13.2. The van der Waals surface area contributed by atoms with Gasteiger partial charge in [0.15, 0.2) is 4.67 Å². The number of benzene rings is 1. The van der Waals surface area contributed by atoms with Gasteiger partial charge in [0.2, 0.25) is 11.8 Å². The third-order valence-electron chi connectivity index (χ3n) is 5.28. The van der Waals surface area contributed by atoms with E-state index in [1.165, 1.54) is 24.4 Å². The lowest BCUT2D eigenvalue weighted by Gasteiger charge is -2.40. The summed E-state index contributed by atoms with van der Waals surface area (Å²) in [4.78, 5) is 37.5. The fourth-order valence-electron chi connectivity index (χ4n) is 3.69. The number of fused-ring (bicyclic) bond motifs is 1. The van der Waals surface area contributed by atoms with Crippen LogP contribution in [0.4, 0.5) is 5.82 Å². The number of methoxy groups -OCH3 is 1. The molecular formula is C22H22BrN5O4. The molecule has 0 radical (unpaired) electrons. The fraction of sp³-hybridized carbons (Fsp3) is 0.273. The highest BCUT2D eigenvalue weighted by Crippen LogP contribution is 2.21. The molecule has 0 unspecified atom stereocenters. The van der Waals surface area contributed by atoms with Gasteiger partial charge < -0.3 is 24.7 Å². The van der Waals surface area contributed by atoms with Gasteiger partial charge in [0.25, 0.3) is 0 Å². The zero-order chi connectivity index (χ0) is 22.7. The molecule has 1 aliphatic heterocycles. The van der Waals surface area contributed by atoms with E-state index in [0.717, 1.165) is 16.5 Å². The van der Waals surface area contributed by atoms with Crippen molar-refractivity contribution >= 4 is 50.5 Å². The van der Waals surface area contributed by atoms with E-state index in [2.05, 4.69) is 25.9 Å². The predicted octanol–water partition coefficient (Wildman–Crippen LogP) is 2.47. The maximum absolute atomic E-state index is 13.2. The average molecular weight is 500 g/mol. The van der Waals surface area contributed by atoms with Crippen molar-refractivity contribution < 1.29 is 18.7 Å². The van der Waals surface area contributed by atoms with E-state index in [-0.39, 0.29) is 18.4 Å². The number of carbonyl (C=O) groups excluding carboxylic acids is 2. The molecule has 0 aliphatic carbocycles. The Hall–Kier alpha value is -3.24. The van der Waals surface area contributed by atoms with Crippen molar-refractivity contribution in [3.05, 3.63) is 58.7 Å². The molecule has 3 aromatic rings. The maximum Gasteiger partial charge on any atom is 0.248 e. The Kier molecular flexibility index (Phi) is 6.52. The van der Waals surface area contributed by atoms with Gasteiger partial charge in [-0.1, -0.05) is 6.07 Å². The molecule has 0 spiro atoms. The Bertz CT molecular complexity index is 1180. The molecule has 1 aliphatic rings. The number of rotatable bonds is 6. The third kappa shape index (κ3) is 4.66. The molecule has 1 fully saturated rings. The molecule has 2 N–H and O–H groups in total. The summed E-state index contributed by atoms with van der Waals surface area (Å²) in [6.45, 7) is 1.32. The molecule has 1 aromatic carbocycles. The van der Waals surface area contributed by atoms with E-state index >= 15 is 0 Å². The topological polar surface area (TPSA) is 115 Å². The summed E-state index contributed by atoms with van der Waals surface area (Å²) >= 11 is 3.23. The predicted molar refractivity (Wildman–Crippen MR) is 122 cm³/mol. The van der Waals surface area contributed by atoms with Crippen molar-refractivity contribution in [3.8, 4) is 0 Å². The molecule has 1 saturated heterocycles. The fourth-order valence-corrected chi connectivity index (χ4v) is 4.01. The van der Waals surface area contributed by atoms with Crippen LogP contribution in [0, 0.1) is 0 Å². The molecule has 9 nitrogen and oxygen atoms in total. The lowest BCUT2D eigenvalue weighted by Crippen LogP contribution is -2.59. The first kappa shape index (κ1) is 22.0. The van der Waals surface area contributed by atoms with Crippen molar-refractivity contribution in [2.24, 2.45) is 0 Å². The van der Waals surface area contributed by atoms with Crippen molar-refractivity contribution in [3.63, 3.8) is 0 Å². The quantitative estimate of drug-likeness (QED) is 0.517. The van der Waals surface area contributed by atoms with Gasteiger partial charge in [-0.25, -0.2) is 9.97 Å². The van der Waals surface area contributed by atoms with Crippen LogP contribution in [0.2, 0.25) is 0 Å². The van der Waals surface area contributed by atoms with Crippen LogP contribution >= 0.6 is 15.9 Å². The Morgan fingerprint density at radius 1 is 1.31 bits per heavy atom. The average Bonchev–Trinajstić information content (AvgIpc) is 3.20. The first-order valence-corrected chi connectivity index (χ1v) is 10.8. The highest BCUT2D eigenvalue weighted by Gasteiger charge is 2.36. The van der Waals surface area contributed by atoms with Crippen LogP contribution in [0.15, 0.2) is 51.8 Å². The van der Waals surface area contributed by atoms with E-state index in [9.17, 15) is 9.59 Å². The second-order valence-corrected chi connectivity index (χ2v) is 8.13. The summed E-state index contributed by atoms with van der Waals surface area (Å²) < 4.78 is 11.2. The van der Waals surface area contributed by atoms with Gasteiger partial charge >= 0.3 is 0 Å². The highest BCUT2D eigenvalue weighted by molar-refractivity contribution is 9.10. The monoisotopic (exact) mass is 499 g/mol. The molecule has 2 aromatic heterocycles. The van der Waals surface area contributed by atoms with Gasteiger partial charge in [0.1, 0.15) is 23.9 Å².